The zero-order valence-corrected chi connectivity index (χ0v) is 14.0. The molecule has 0 heterocycles. The average Bonchev–Trinajstić information content (AvgIpc) is 2.50. The van der Waals surface area contributed by atoms with Crippen LogP contribution in [0.25, 0.3) is 0 Å². The van der Waals surface area contributed by atoms with E-state index in [1.807, 2.05) is 6.92 Å². The van der Waals surface area contributed by atoms with Crippen LogP contribution in [0.2, 0.25) is 0 Å². The maximum Gasteiger partial charge on any atom is 0.237 e. The van der Waals surface area contributed by atoms with Crippen LogP contribution < -0.4 is 10.6 Å². The van der Waals surface area contributed by atoms with Gasteiger partial charge in [0.2, 0.25) is 5.91 Å². The van der Waals surface area contributed by atoms with Crippen molar-refractivity contribution in [1.29, 1.82) is 0 Å². The molecule has 1 unspecified atom stereocenters. The van der Waals surface area contributed by atoms with E-state index in [1.165, 1.54) is 70.6 Å². The smallest absolute Gasteiger partial charge is 0.237 e. The number of nitrogens with one attached hydrogen (secondary N) is 2. The van der Waals surface area contributed by atoms with E-state index in [4.69, 9.17) is 0 Å². The Morgan fingerprint density at radius 1 is 1.00 bits per heavy atom. The summed E-state index contributed by atoms with van der Waals surface area (Å²) < 4.78 is 0. The summed E-state index contributed by atoms with van der Waals surface area (Å²) in [6.07, 6.45) is 14.1. The van der Waals surface area contributed by atoms with E-state index in [-0.39, 0.29) is 11.9 Å². The van der Waals surface area contributed by atoms with E-state index in [0.29, 0.717) is 12.1 Å². The fourth-order valence-electron chi connectivity index (χ4n) is 4.03. The topological polar surface area (TPSA) is 41.1 Å². The Morgan fingerprint density at radius 3 is 2.29 bits per heavy atom. The first-order valence-electron chi connectivity index (χ1n) is 9.25. The second-order valence-corrected chi connectivity index (χ2v) is 7.24. The summed E-state index contributed by atoms with van der Waals surface area (Å²) in [7, 11) is 0. The molecule has 2 aliphatic carbocycles. The summed E-state index contributed by atoms with van der Waals surface area (Å²) in [6.45, 7) is 4.30. The van der Waals surface area contributed by atoms with Gasteiger partial charge in [0.05, 0.1) is 6.04 Å². The molecule has 0 bridgehead atoms. The number of hydrogen-bond acceptors (Lipinski definition) is 2. The minimum Gasteiger partial charge on any atom is -0.352 e. The van der Waals surface area contributed by atoms with E-state index >= 15 is 0 Å². The van der Waals surface area contributed by atoms with Crippen molar-refractivity contribution in [1.82, 2.24) is 10.6 Å². The number of rotatable bonds is 6. The first-order chi connectivity index (χ1) is 10.2. The molecule has 3 heteroatoms. The summed E-state index contributed by atoms with van der Waals surface area (Å²) in [4.78, 5) is 12.3. The third-order valence-electron chi connectivity index (χ3n) is 5.37. The maximum absolute atomic E-state index is 12.3. The summed E-state index contributed by atoms with van der Waals surface area (Å²) >= 11 is 0. The monoisotopic (exact) mass is 294 g/mol. The highest BCUT2D eigenvalue weighted by Gasteiger charge is 2.25. The Hall–Kier alpha value is -0.570. The van der Waals surface area contributed by atoms with Gasteiger partial charge in [0, 0.05) is 12.1 Å². The molecule has 0 spiro atoms. The summed E-state index contributed by atoms with van der Waals surface area (Å²) in [5, 5.41) is 6.79. The van der Waals surface area contributed by atoms with Gasteiger partial charge >= 0.3 is 0 Å². The van der Waals surface area contributed by atoms with Gasteiger partial charge in [-0.15, -0.1) is 0 Å². The van der Waals surface area contributed by atoms with Crippen molar-refractivity contribution in [3.05, 3.63) is 0 Å². The lowest BCUT2D eigenvalue weighted by Gasteiger charge is -2.31. The van der Waals surface area contributed by atoms with Crippen molar-refractivity contribution in [2.75, 3.05) is 0 Å². The lowest BCUT2D eigenvalue weighted by Crippen LogP contribution is -2.50. The Labute approximate surface area is 130 Å². The molecule has 2 fully saturated rings. The molecule has 0 radical (unpaired) electrons. The molecule has 0 saturated heterocycles. The molecule has 0 aromatic carbocycles. The molecule has 2 saturated carbocycles. The minimum atomic E-state index is -0.0420. The molecule has 0 aliphatic heterocycles. The van der Waals surface area contributed by atoms with Crippen molar-refractivity contribution in [3.8, 4) is 0 Å². The summed E-state index contributed by atoms with van der Waals surface area (Å²) in [5.74, 6) is 1.14. The maximum atomic E-state index is 12.3. The van der Waals surface area contributed by atoms with Crippen LogP contribution in [0.4, 0.5) is 0 Å². The molecule has 2 aliphatic rings. The molecule has 21 heavy (non-hydrogen) atoms. The molecule has 2 N–H and O–H groups in total. The van der Waals surface area contributed by atoms with E-state index in [0.717, 1.165) is 5.92 Å². The lowest BCUT2D eigenvalue weighted by atomic mass is 9.83. The SMILES string of the molecule is CCCC1CCC(NC(C)C(=O)NC2CCCCC2)CC1. The van der Waals surface area contributed by atoms with Crippen LogP contribution in [-0.4, -0.2) is 24.0 Å². The van der Waals surface area contributed by atoms with Crippen LogP contribution in [0.5, 0.6) is 0 Å². The molecular weight excluding hydrogens is 260 g/mol. The van der Waals surface area contributed by atoms with Gasteiger partial charge in [0.25, 0.3) is 0 Å². The van der Waals surface area contributed by atoms with Crippen molar-refractivity contribution in [2.45, 2.75) is 103 Å². The van der Waals surface area contributed by atoms with Gasteiger partial charge in [-0.1, -0.05) is 39.0 Å². The summed E-state index contributed by atoms with van der Waals surface area (Å²) in [6, 6.07) is 0.931. The van der Waals surface area contributed by atoms with Crippen molar-refractivity contribution in [3.63, 3.8) is 0 Å². The van der Waals surface area contributed by atoms with Crippen molar-refractivity contribution >= 4 is 5.91 Å². The number of hydrogen-bond donors (Lipinski definition) is 2. The predicted molar refractivity (Wildman–Crippen MR) is 88.3 cm³/mol. The molecule has 1 amide bonds. The molecule has 0 aromatic rings. The van der Waals surface area contributed by atoms with Gasteiger partial charge in [-0.3, -0.25) is 4.79 Å². The molecule has 122 valence electrons. The highest BCUT2D eigenvalue weighted by molar-refractivity contribution is 5.81. The van der Waals surface area contributed by atoms with Crippen LogP contribution in [-0.2, 0) is 4.79 Å². The van der Waals surface area contributed by atoms with Crippen LogP contribution in [0, 0.1) is 5.92 Å². The largest absolute Gasteiger partial charge is 0.352 e. The standard InChI is InChI=1S/C18H34N2O/c1-3-7-15-10-12-17(13-11-15)19-14(2)18(21)20-16-8-5-4-6-9-16/h14-17,19H,3-13H2,1-2H3,(H,20,21). The zero-order valence-electron chi connectivity index (χ0n) is 14.0. The first kappa shape index (κ1) is 16.8. The van der Waals surface area contributed by atoms with Gasteiger partial charge < -0.3 is 10.6 Å². The van der Waals surface area contributed by atoms with Gasteiger partial charge in [-0.2, -0.15) is 0 Å². The van der Waals surface area contributed by atoms with Crippen LogP contribution in [0.15, 0.2) is 0 Å². The fourth-order valence-corrected chi connectivity index (χ4v) is 4.03. The molecule has 1 atom stereocenters. The third-order valence-corrected chi connectivity index (χ3v) is 5.37. The van der Waals surface area contributed by atoms with Crippen LogP contribution in [0.3, 0.4) is 0 Å². The van der Waals surface area contributed by atoms with E-state index in [1.54, 1.807) is 0 Å². The minimum absolute atomic E-state index is 0.0420. The quantitative estimate of drug-likeness (QED) is 0.783. The highest BCUT2D eigenvalue weighted by atomic mass is 16.2. The Balaban J connectivity index is 1.66. The third kappa shape index (κ3) is 5.61. The van der Waals surface area contributed by atoms with Gasteiger partial charge in [0.1, 0.15) is 0 Å². The Kier molecular flexibility index (Phi) is 7.01. The first-order valence-corrected chi connectivity index (χ1v) is 9.25. The van der Waals surface area contributed by atoms with Gasteiger partial charge in [0.15, 0.2) is 0 Å². The number of carbonyl (C=O) groups excluding carboxylic acids is 1. The van der Waals surface area contributed by atoms with E-state index < -0.39 is 0 Å². The molecule has 3 nitrogen and oxygen atoms in total. The van der Waals surface area contributed by atoms with Gasteiger partial charge in [-0.25, -0.2) is 0 Å². The van der Waals surface area contributed by atoms with Crippen molar-refractivity contribution < 1.29 is 4.79 Å². The second kappa shape index (κ2) is 8.77. The van der Waals surface area contributed by atoms with Crippen LogP contribution >= 0.6 is 0 Å². The zero-order chi connectivity index (χ0) is 15.1. The normalized spacial score (nSPS) is 29.0. The van der Waals surface area contributed by atoms with E-state index in [2.05, 4.69) is 17.6 Å². The Morgan fingerprint density at radius 2 is 1.67 bits per heavy atom. The highest BCUT2D eigenvalue weighted by Crippen LogP contribution is 2.27. The number of carbonyl (C=O) groups is 1. The van der Waals surface area contributed by atoms with E-state index in [9.17, 15) is 4.79 Å². The molecular formula is C18H34N2O. The molecule has 0 aromatic heterocycles. The van der Waals surface area contributed by atoms with Crippen LogP contribution in [0.1, 0.15) is 84.5 Å². The molecule has 2 rings (SSSR count). The number of amides is 1. The van der Waals surface area contributed by atoms with Crippen molar-refractivity contribution in [2.24, 2.45) is 5.92 Å². The van der Waals surface area contributed by atoms with Gasteiger partial charge in [-0.05, 0) is 51.4 Å². The predicted octanol–water partition coefficient (Wildman–Crippen LogP) is 3.77. The average molecular weight is 294 g/mol. The lowest BCUT2D eigenvalue weighted by molar-refractivity contribution is -0.123. The fraction of sp³-hybridized carbons (Fsp3) is 0.944. The Bertz CT molecular complexity index is 304. The second-order valence-electron chi connectivity index (χ2n) is 7.24. The summed E-state index contributed by atoms with van der Waals surface area (Å²) in [5.41, 5.74) is 0.